The van der Waals surface area contributed by atoms with Gasteiger partial charge in [-0.1, -0.05) is 11.6 Å². The molecule has 2 aromatic rings. The number of carbonyl (C=O) groups excluding carboxylic acids is 4. The van der Waals surface area contributed by atoms with E-state index in [0.717, 1.165) is 11.0 Å². The molecule has 1 heterocycles. The molecule has 0 radical (unpaired) electrons. The van der Waals surface area contributed by atoms with Crippen LogP contribution in [0.2, 0.25) is 5.02 Å². The van der Waals surface area contributed by atoms with E-state index in [2.05, 4.69) is 5.32 Å². The fraction of sp³-hybridized carbons (Fsp3) is 0.0500. The molecular weight excluding hydrogens is 416 g/mol. The van der Waals surface area contributed by atoms with E-state index in [9.17, 15) is 19.2 Å². The van der Waals surface area contributed by atoms with Gasteiger partial charge in [0.2, 0.25) is 0 Å². The van der Waals surface area contributed by atoms with Crippen molar-refractivity contribution in [2.24, 2.45) is 0 Å². The zero-order valence-corrected chi connectivity index (χ0v) is 16.5. The van der Waals surface area contributed by atoms with Gasteiger partial charge in [0.15, 0.2) is 10.9 Å². The number of nitrogens with zero attached hydrogens (tertiary/aromatic N) is 1. The summed E-state index contributed by atoms with van der Waals surface area (Å²) in [6.07, 6.45) is 0.948. The highest BCUT2D eigenvalue weighted by molar-refractivity contribution is 7.80. The van der Waals surface area contributed by atoms with Crippen molar-refractivity contribution in [3.05, 3.63) is 70.8 Å². The Morgan fingerprint density at radius 1 is 1.07 bits per heavy atom. The quantitative estimate of drug-likeness (QED) is 0.201. The fourth-order valence-corrected chi connectivity index (χ4v) is 2.96. The van der Waals surface area contributed by atoms with Gasteiger partial charge < -0.3 is 4.74 Å². The summed E-state index contributed by atoms with van der Waals surface area (Å²) in [4.78, 5) is 49.7. The fourth-order valence-electron chi connectivity index (χ4n) is 2.55. The van der Waals surface area contributed by atoms with E-state index >= 15 is 0 Å². The molecule has 1 aliphatic rings. The van der Waals surface area contributed by atoms with E-state index in [-0.39, 0.29) is 22.0 Å². The topological polar surface area (TPSA) is 92.8 Å². The van der Waals surface area contributed by atoms with Gasteiger partial charge in [0.05, 0.1) is 5.69 Å². The van der Waals surface area contributed by atoms with Gasteiger partial charge in [-0.05, 0) is 60.7 Å². The van der Waals surface area contributed by atoms with Gasteiger partial charge >= 0.3 is 5.97 Å². The van der Waals surface area contributed by atoms with Gasteiger partial charge in [0, 0.05) is 23.6 Å². The van der Waals surface area contributed by atoms with Crippen LogP contribution in [0.1, 0.15) is 17.3 Å². The number of carbonyl (C=O) groups is 4. The lowest BCUT2D eigenvalue weighted by atomic mass is 10.0. The van der Waals surface area contributed by atoms with Crippen LogP contribution in [0, 0.1) is 0 Å². The third kappa shape index (κ3) is 4.56. The predicted molar refractivity (Wildman–Crippen MR) is 110 cm³/mol. The van der Waals surface area contributed by atoms with Crippen molar-refractivity contribution in [2.75, 3.05) is 4.90 Å². The molecule has 9 heteroatoms. The van der Waals surface area contributed by atoms with Crippen molar-refractivity contribution in [1.82, 2.24) is 5.32 Å². The Bertz CT molecular complexity index is 1060. The van der Waals surface area contributed by atoms with Crippen LogP contribution in [0.15, 0.2) is 60.2 Å². The maximum Gasteiger partial charge on any atom is 0.308 e. The molecule has 0 saturated carbocycles. The standard InChI is InChI=1S/C20H13ClN2O5S/c1-11(24)28-15-8-2-12(3-9-15)17(25)10-16-18(26)22-20(29)23(19(16)27)14-6-4-13(21)5-7-14/h2-10H,1H3,(H,22,26,29). The van der Waals surface area contributed by atoms with Gasteiger partial charge in [-0.25, -0.2) is 0 Å². The first-order valence-electron chi connectivity index (χ1n) is 8.26. The van der Waals surface area contributed by atoms with Crippen LogP contribution in [0.4, 0.5) is 5.69 Å². The lowest BCUT2D eigenvalue weighted by Gasteiger charge is -2.28. The Kier molecular flexibility index (Phi) is 5.86. The second kappa shape index (κ2) is 8.34. The maximum absolute atomic E-state index is 12.8. The van der Waals surface area contributed by atoms with Gasteiger partial charge in [0.25, 0.3) is 11.8 Å². The van der Waals surface area contributed by atoms with Gasteiger partial charge in [-0.3, -0.25) is 29.4 Å². The Hall–Kier alpha value is -3.36. The highest BCUT2D eigenvalue weighted by Crippen LogP contribution is 2.23. The number of hydrogen-bond acceptors (Lipinski definition) is 6. The zero-order valence-electron chi connectivity index (χ0n) is 15.0. The van der Waals surface area contributed by atoms with Crippen molar-refractivity contribution in [2.45, 2.75) is 6.92 Å². The van der Waals surface area contributed by atoms with Gasteiger partial charge in [-0.15, -0.1) is 0 Å². The molecule has 7 nitrogen and oxygen atoms in total. The van der Waals surface area contributed by atoms with E-state index < -0.39 is 23.6 Å². The maximum atomic E-state index is 12.8. The number of nitrogens with one attached hydrogen (secondary N) is 1. The molecule has 0 unspecified atom stereocenters. The normalized spacial score (nSPS) is 15.3. The Morgan fingerprint density at radius 3 is 2.28 bits per heavy atom. The first-order chi connectivity index (χ1) is 13.8. The summed E-state index contributed by atoms with van der Waals surface area (Å²) in [6, 6.07) is 12.0. The predicted octanol–water partition coefficient (Wildman–Crippen LogP) is 2.82. The molecule has 146 valence electrons. The lowest BCUT2D eigenvalue weighted by Crippen LogP contribution is -2.54. The molecule has 1 saturated heterocycles. The summed E-state index contributed by atoms with van der Waals surface area (Å²) >= 11 is 11.0. The van der Waals surface area contributed by atoms with Crippen LogP contribution < -0.4 is 15.0 Å². The number of allylic oxidation sites excluding steroid dienone is 1. The van der Waals surface area contributed by atoms with E-state index in [0.29, 0.717) is 10.7 Å². The summed E-state index contributed by atoms with van der Waals surface area (Å²) < 4.78 is 4.90. The first-order valence-corrected chi connectivity index (χ1v) is 9.04. The van der Waals surface area contributed by atoms with Crippen LogP contribution in [-0.2, 0) is 14.4 Å². The van der Waals surface area contributed by atoms with E-state index in [4.69, 9.17) is 28.6 Å². The number of thiocarbonyl (C=S) groups is 1. The number of benzene rings is 2. The van der Waals surface area contributed by atoms with Crippen molar-refractivity contribution in [3.63, 3.8) is 0 Å². The highest BCUT2D eigenvalue weighted by Gasteiger charge is 2.35. The summed E-state index contributed by atoms with van der Waals surface area (Å²) in [6.45, 7) is 1.26. The summed E-state index contributed by atoms with van der Waals surface area (Å²) in [7, 11) is 0. The van der Waals surface area contributed by atoms with Gasteiger partial charge in [-0.2, -0.15) is 0 Å². The van der Waals surface area contributed by atoms with Crippen molar-refractivity contribution in [1.29, 1.82) is 0 Å². The number of halogens is 1. The van der Waals surface area contributed by atoms with E-state index in [1.165, 1.54) is 31.2 Å². The molecule has 0 atom stereocenters. The number of rotatable bonds is 4. The smallest absolute Gasteiger partial charge is 0.308 e. The molecule has 2 aromatic carbocycles. The molecule has 0 bridgehead atoms. The third-order valence-corrected chi connectivity index (χ3v) is 4.40. The number of ketones is 1. The monoisotopic (exact) mass is 428 g/mol. The molecule has 1 N–H and O–H groups in total. The average molecular weight is 429 g/mol. The summed E-state index contributed by atoms with van der Waals surface area (Å²) in [5.74, 6) is -2.29. The highest BCUT2D eigenvalue weighted by atomic mass is 35.5. The number of amides is 2. The largest absolute Gasteiger partial charge is 0.427 e. The Labute approximate surface area is 175 Å². The molecule has 1 aliphatic heterocycles. The number of esters is 1. The number of anilines is 1. The SMILES string of the molecule is CC(=O)Oc1ccc(C(=O)C=C2C(=O)NC(=S)N(c3ccc(Cl)cc3)C2=O)cc1. The Morgan fingerprint density at radius 2 is 1.69 bits per heavy atom. The lowest BCUT2D eigenvalue weighted by molar-refractivity contribution is -0.132. The molecule has 29 heavy (non-hydrogen) atoms. The minimum atomic E-state index is -0.768. The molecule has 3 rings (SSSR count). The summed E-state index contributed by atoms with van der Waals surface area (Å²) in [5.41, 5.74) is 0.247. The number of ether oxygens (including phenoxy) is 1. The van der Waals surface area contributed by atoms with Crippen LogP contribution >= 0.6 is 23.8 Å². The molecule has 0 aliphatic carbocycles. The van der Waals surface area contributed by atoms with Crippen LogP contribution in [0.5, 0.6) is 5.75 Å². The van der Waals surface area contributed by atoms with Crippen LogP contribution in [0.25, 0.3) is 0 Å². The van der Waals surface area contributed by atoms with Crippen LogP contribution in [0.3, 0.4) is 0 Å². The first kappa shape index (κ1) is 20.4. The molecule has 2 amide bonds. The second-order valence-corrected chi connectivity index (χ2v) is 6.74. The molecule has 0 aromatic heterocycles. The van der Waals surface area contributed by atoms with Crippen molar-refractivity contribution >= 4 is 58.2 Å². The molecule has 0 spiro atoms. The minimum Gasteiger partial charge on any atom is -0.427 e. The van der Waals surface area contributed by atoms with E-state index in [1.54, 1.807) is 24.3 Å². The molecule has 1 fully saturated rings. The zero-order chi connectivity index (χ0) is 21.1. The average Bonchev–Trinajstić information content (AvgIpc) is 2.66. The Balaban J connectivity index is 1.88. The van der Waals surface area contributed by atoms with E-state index in [1.807, 2.05) is 0 Å². The van der Waals surface area contributed by atoms with Crippen molar-refractivity contribution < 1.29 is 23.9 Å². The van der Waals surface area contributed by atoms with Gasteiger partial charge in [0.1, 0.15) is 11.3 Å². The van der Waals surface area contributed by atoms with Crippen LogP contribution in [-0.4, -0.2) is 28.7 Å². The van der Waals surface area contributed by atoms with Crippen molar-refractivity contribution in [3.8, 4) is 5.75 Å². The second-order valence-electron chi connectivity index (χ2n) is 5.92. The third-order valence-electron chi connectivity index (χ3n) is 3.86. The minimum absolute atomic E-state index is 0.0994. The number of hydrogen-bond donors (Lipinski definition) is 1. The summed E-state index contributed by atoms with van der Waals surface area (Å²) in [5, 5.41) is 2.77. The molecular formula is C20H13ClN2O5S.